The first-order chi connectivity index (χ1) is 31.4. The summed E-state index contributed by atoms with van der Waals surface area (Å²) in [5, 5.41) is 10.2. The molecule has 64 heavy (non-hydrogen) atoms. The normalized spacial score (nSPS) is 11.7. The summed E-state index contributed by atoms with van der Waals surface area (Å²) in [6, 6.07) is 52.1. The largest absolute Gasteiger partial charge is 0.264 e. The van der Waals surface area contributed by atoms with Crippen LogP contribution in [0.25, 0.3) is 87.5 Å². The molecule has 0 aliphatic carbocycles. The maximum Gasteiger partial charge on any atom is 0.0702 e. The molecular weight excluding hydrogens is 777 g/mol. The molecule has 0 radical (unpaired) electrons. The first kappa shape index (κ1) is 44.2. The fourth-order valence-electron chi connectivity index (χ4n) is 7.74. The minimum atomic E-state index is 0.936. The van der Waals surface area contributed by atoms with E-state index >= 15 is 0 Å². The zero-order valence-electron chi connectivity index (χ0n) is 37.6. The molecule has 7 aromatic carbocycles. The summed E-state index contributed by atoms with van der Waals surface area (Å²) in [7, 11) is 0. The lowest BCUT2D eigenvalue weighted by molar-refractivity contribution is 1.33. The number of benzene rings is 7. The number of aromatic nitrogens is 3. The van der Waals surface area contributed by atoms with Crippen LogP contribution in [0.2, 0.25) is 0 Å². The number of rotatable bonds is 6. The van der Waals surface area contributed by atoms with Gasteiger partial charge in [-0.2, -0.15) is 0 Å². The maximum atomic E-state index is 4.50. The molecule has 3 heterocycles. The Balaban J connectivity index is 0.000000192. The van der Waals surface area contributed by atoms with E-state index in [0.29, 0.717) is 0 Å². The number of aryl methyl sites for hydroxylation is 1. The van der Waals surface area contributed by atoms with E-state index in [9.17, 15) is 0 Å². The molecule has 0 spiro atoms. The first-order valence-corrected chi connectivity index (χ1v) is 21.8. The summed E-state index contributed by atoms with van der Waals surface area (Å²) in [5.41, 5.74) is 12.7. The quantitative estimate of drug-likeness (QED) is 0.0953. The summed E-state index contributed by atoms with van der Waals surface area (Å²) < 4.78 is 0. The smallest absolute Gasteiger partial charge is 0.0702 e. The van der Waals surface area contributed by atoms with Gasteiger partial charge in [-0.1, -0.05) is 140 Å². The van der Waals surface area contributed by atoms with Gasteiger partial charge in [0.25, 0.3) is 0 Å². The van der Waals surface area contributed by atoms with Crippen molar-refractivity contribution in [2.75, 3.05) is 0 Å². The monoisotopic (exact) mass is 830 g/mol. The minimum absolute atomic E-state index is 0.936. The molecule has 0 atom stereocenters. The number of aliphatic imine (C=N–C) groups is 1. The van der Waals surface area contributed by atoms with Gasteiger partial charge in [0.15, 0.2) is 0 Å². The van der Waals surface area contributed by atoms with E-state index in [0.717, 1.165) is 33.3 Å². The SMILES string of the molecule is C/C=C\C.C=CC(=N/C=C\C)/C(C)=C/C.Cc1ccc2ncccc2c1.c1cncc(-c2ccc(-c3ccc4ccc5c(-c6ccc7ncccc7c6)ccc6ccc3c4c65)cc2)c1. The Bertz CT molecular complexity index is 3280. The van der Waals surface area contributed by atoms with Crippen LogP contribution < -0.4 is 0 Å². The summed E-state index contributed by atoms with van der Waals surface area (Å²) >= 11 is 0. The summed E-state index contributed by atoms with van der Waals surface area (Å²) in [4.78, 5) is 17.2. The topological polar surface area (TPSA) is 51.0 Å². The van der Waals surface area contributed by atoms with Gasteiger partial charge < -0.3 is 0 Å². The predicted molar refractivity (Wildman–Crippen MR) is 278 cm³/mol. The van der Waals surface area contributed by atoms with Crippen LogP contribution in [0, 0.1) is 6.92 Å². The third kappa shape index (κ3) is 10.1. The predicted octanol–water partition coefficient (Wildman–Crippen LogP) is 16.8. The van der Waals surface area contributed by atoms with Crippen molar-refractivity contribution in [3.05, 3.63) is 225 Å². The fraction of sp³-hybridized carbons (Fsp3) is 0.100. The van der Waals surface area contributed by atoms with Gasteiger partial charge in [-0.3, -0.25) is 19.9 Å². The molecule has 0 saturated carbocycles. The number of fused-ring (bicyclic) bond motifs is 2. The van der Waals surface area contributed by atoms with Crippen molar-refractivity contribution < 1.29 is 0 Å². The second-order valence-electron chi connectivity index (χ2n) is 15.4. The third-order valence-electron chi connectivity index (χ3n) is 11.3. The Morgan fingerprint density at radius 1 is 0.516 bits per heavy atom. The van der Waals surface area contributed by atoms with Crippen molar-refractivity contribution in [1.29, 1.82) is 0 Å². The Kier molecular flexibility index (Phi) is 14.7. The Morgan fingerprint density at radius 3 is 1.62 bits per heavy atom. The number of pyridine rings is 3. The molecule has 4 heteroatoms. The zero-order valence-corrected chi connectivity index (χ0v) is 37.6. The van der Waals surface area contributed by atoms with E-state index in [1.807, 2.05) is 108 Å². The van der Waals surface area contributed by atoms with Crippen LogP contribution in [0.15, 0.2) is 224 Å². The van der Waals surface area contributed by atoms with Crippen LogP contribution in [0.5, 0.6) is 0 Å². The van der Waals surface area contributed by atoms with Crippen LogP contribution in [-0.2, 0) is 0 Å². The molecule has 0 N–H and O–H groups in total. The standard InChI is InChI=1S/C36H22N2.C10H9N.C10H15N.C4H8/c1-4-29(22-37-19-1)23-5-7-24(8-6-23)30-14-9-25-12-17-33-31(15-10-26-11-16-32(30)35(25)36(26)33)27-13-18-34-28(21-27)3-2-20-38-34;1-8-4-5-10-9(7-8)3-2-6-11-10;1-5-8-11-10(7-3)9(4)6-2;1-3-4-2/h1-22H;2-7H,1H3;5-8H,3H2,1-2,4H3;3-4H,1-2H3/b;;8-5-,9-6+,11-10-;4-3-. The Labute approximate surface area is 377 Å². The van der Waals surface area contributed by atoms with E-state index in [4.69, 9.17) is 0 Å². The Morgan fingerprint density at radius 2 is 1.06 bits per heavy atom. The van der Waals surface area contributed by atoms with Crippen LogP contribution in [0.3, 0.4) is 0 Å². The first-order valence-electron chi connectivity index (χ1n) is 21.8. The minimum Gasteiger partial charge on any atom is -0.264 e. The van der Waals surface area contributed by atoms with Gasteiger partial charge in [0.2, 0.25) is 0 Å². The van der Waals surface area contributed by atoms with Crippen LogP contribution in [0.4, 0.5) is 0 Å². The third-order valence-corrected chi connectivity index (χ3v) is 11.3. The fourth-order valence-corrected chi connectivity index (χ4v) is 7.74. The van der Waals surface area contributed by atoms with Gasteiger partial charge in [0.05, 0.1) is 16.7 Å². The molecule has 0 aliphatic rings. The summed E-state index contributed by atoms with van der Waals surface area (Å²) in [6.07, 6.45) is 18.8. The van der Waals surface area contributed by atoms with Gasteiger partial charge in [-0.05, 0) is 161 Å². The van der Waals surface area contributed by atoms with Crippen molar-refractivity contribution in [1.82, 2.24) is 15.0 Å². The van der Waals surface area contributed by atoms with Crippen molar-refractivity contribution in [3.8, 4) is 33.4 Å². The van der Waals surface area contributed by atoms with Gasteiger partial charge in [0.1, 0.15) is 0 Å². The van der Waals surface area contributed by atoms with Crippen LogP contribution in [-0.4, -0.2) is 20.7 Å². The molecule has 0 fully saturated rings. The van der Waals surface area contributed by atoms with Crippen molar-refractivity contribution >= 4 is 59.8 Å². The molecule has 0 aliphatic heterocycles. The van der Waals surface area contributed by atoms with Gasteiger partial charge in [-0.15, -0.1) is 0 Å². The summed E-state index contributed by atoms with van der Waals surface area (Å²) in [6.45, 7) is 15.7. The van der Waals surface area contributed by atoms with Crippen LogP contribution in [0.1, 0.15) is 40.2 Å². The number of allylic oxidation sites excluding steroid dienone is 6. The van der Waals surface area contributed by atoms with E-state index in [1.165, 1.54) is 71.1 Å². The number of hydrogen-bond donors (Lipinski definition) is 0. The van der Waals surface area contributed by atoms with Gasteiger partial charge >= 0.3 is 0 Å². The lowest BCUT2D eigenvalue weighted by atomic mass is 9.87. The molecule has 0 unspecified atom stereocenters. The van der Waals surface area contributed by atoms with Crippen molar-refractivity contribution in [2.24, 2.45) is 4.99 Å². The molecule has 4 nitrogen and oxygen atoms in total. The lowest BCUT2D eigenvalue weighted by Crippen LogP contribution is -1.92. The van der Waals surface area contributed by atoms with E-state index in [2.05, 4.69) is 155 Å². The highest BCUT2D eigenvalue weighted by Gasteiger charge is 2.15. The molecule has 314 valence electrons. The molecule has 0 saturated heterocycles. The highest BCUT2D eigenvalue weighted by Crippen LogP contribution is 2.42. The highest BCUT2D eigenvalue weighted by molar-refractivity contribution is 6.27. The molecular formula is C60H54N4. The molecule has 10 rings (SSSR count). The van der Waals surface area contributed by atoms with E-state index in [-0.39, 0.29) is 0 Å². The molecule has 0 bridgehead atoms. The average molecular weight is 831 g/mol. The van der Waals surface area contributed by atoms with E-state index < -0.39 is 0 Å². The number of nitrogens with zero attached hydrogens (tertiary/aromatic N) is 4. The van der Waals surface area contributed by atoms with Crippen molar-refractivity contribution in [3.63, 3.8) is 0 Å². The summed E-state index contributed by atoms with van der Waals surface area (Å²) in [5.74, 6) is 0. The van der Waals surface area contributed by atoms with Gasteiger partial charge in [-0.25, -0.2) is 0 Å². The number of hydrogen-bond acceptors (Lipinski definition) is 4. The maximum absolute atomic E-state index is 4.50. The molecule has 3 aromatic heterocycles. The zero-order chi connectivity index (χ0) is 44.8. The van der Waals surface area contributed by atoms with Crippen LogP contribution >= 0.6 is 0 Å². The van der Waals surface area contributed by atoms with E-state index in [1.54, 1.807) is 12.3 Å². The Hall–Kier alpha value is -7.82. The second kappa shape index (κ2) is 21.3. The van der Waals surface area contributed by atoms with Crippen molar-refractivity contribution in [2.45, 2.75) is 41.5 Å². The molecule has 10 aromatic rings. The van der Waals surface area contributed by atoms with Gasteiger partial charge in [0, 0.05) is 41.8 Å². The highest BCUT2D eigenvalue weighted by atomic mass is 14.7. The second-order valence-corrected chi connectivity index (χ2v) is 15.4. The lowest BCUT2D eigenvalue weighted by Gasteiger charge is -2.17. The average Bonchev–Trinajstić information content (AvgIpc) is 3.36. The molecule has 0 amide bonds.